The number of rotatable bonds is 7. The van der Waals surface area contributed by atoms with Gasteiger partial charge in [-0.05, 0) is 24.6 Å². The van der Waals surface area contributed by atoms with E-state index >= 15 is 0 Å². The molecule has 0 atom stereocenters. The van der Waals surface area contributed by atoms with Crippen LogP contribution in [0, 0.1) is 0 Å². The lowest BCUT2D eigenvalue weighted by Gasteiger charge is -2.06. The van der Waals surface area contributed by atoms with Gasteiger partial charge < -0.3 is 10.1 Å². The zero-order valence-electron chi connectivity index (χ0n) is 14.0. The van der Waals surface area contributed by atoms with Crippen molar-refractivity contribution in [1.82, 2.24) is 20.7 Å². The minimum Gasteiger partial charge on any atom is -0.497 e. The van der Waals surface area contributed by atoms with E-state index < -0.39 is 5.91 Å². The molecule has 25 heavy (non-hydrogen) atoms. The van der Waals surface area contributed by atoms with Gasteiger partial charge in [0.2, 0.25) is 5.91 Å². The van der Waals surface area contributed by atoms with Crippen LogP contribution in [0.25, 0.3) is 0 Å². The summed E-state index contributed by atoms with van der Waals surface area (Å²) in [5.74, 6) is 0.0915. The third kappa shape index (κ3) is 6.02. The molecule has 2 amide bonds. The SMILES string of the molecule is COc1ccc(CNC(=O)C/C(C)=N\NC(=O)c2cnccn2)cc1. The van der Waals surface area contributed by atoms with E-state index in [4.69, 9.17) is 4.74 Å². The van der Waals surface area contributed by atoms with Crippen molar-refractivity contribution < 1.29 is 14.3 Å². The Hall–Kier alpha value is -3.29. The fourth-order valence-corrected chi connectivity index (χ4v) is 1.90. The number of aromatic nitrogens is 2. The zero-order chi connectivity index (χ0) is 18.1. The molecule has 2 aromatic rings. The summed E-state index contributed by atoms with van der Waals surface area (Å²) in [5, 5.41) is 6.68. The number of benzene rings is 1. The third-order valence-corrected chi connectivity index (χ3v) is 3.21. The highest BCUT2D eigenvalue weighted by atomic mass is 16.5. The Morgan fingerprint density at radius 3 is 2.60 bits per heavy atom. The van der Waals surface area contributed by atoms with Gasteiger partial charge in [0.05, 0.1) is 19.7 Å². The Kier molecular flexibility index (Phi) is 6.58. The number of hydrazone groups is 1. The highest BCUT2D eigenvalue weighted by molar-refractivity contribution is 6.00. The number of methoxy groups -OCH3 is 1. The van der Waals surface area contributed by atoms with Gasteiger partial charge in [-0.1, -0.05) is 12.1 Å². The summed E-state index contributed by atoms with van der Waals surface area (Å²) in [6.07, 6.45) is 4.30. The maximum Gasteiger partial charge on any atom is 0.291 e. The van der Waals surface area contributed by atoms with Crippen molar-refractivity contribution in [3.63, 3.8) is 0 Å². The van der Waals surface area contributed by atoms with E-state index in [-0.39, 0.29) is 18.0 Å². The Morgan fingerprint density at radius 1 is 1.20 bits per heavy atom. The van der Waals surface area contributed by atoms with Crippen LogP contribution >= 0.6 is 0 Å². The molecule has 0 aliphatic carbocycles. The van der Waals surface area contributed by atoms with Crippen LogP contribution in [-0.2, 0) is 11.3 Å². The van der Waals surface area contributed by atoms with E-state index in [1.807, 2.05) is 24.3 Å². The molecule has 2 rings (SSSR count). The fourth-order valence-electron chi connectivity index (χ4n) is 1.90. The molecule has 0 radical (unpaired) electrons. The van der Waals surface area contributed by atoms with Crippen molar-refractivity contribution >= 4 is 17.5 Å². The maximum absolute atomic E-state index is 11.9. The number of amides is 2. The number of carbonyl (C=O) groups is 2. The van der Waals surface area contributed by atoms with Crippen LogP contribution in [0.4, 0.5) is 0 Å². The van der Waals surface area contributed by atoms with Crippen LogP contribution < -0.4 is 15.5 Å². The van der Waals surface area contributed by atoms with Crippen LogP contribution in [0.15, 0.2) is 48.0 Å². The molecule has 1 aromatic carbocycles. The molecule has 0 fully saturated rings. The van der Waals surface area contributed by atoms with E-state index in [0.29, 0.717) is 12.3 Å². The van der Waals surface area contributed by atoms with E-state index in [2.05, 4.69) is 25.8 Å². The fraction of sp³-hybridized carbons (Fsp3) is 0.235. The summed E-state index contributed by atoms with van der Waals surface area (Å²) < 4.78 is 5.08. The first-order valence-electron chi connectivity index (χ1n) is 7.57. The lowest BCUT2D eigenvalue weighted by atomic mass is 10.2. The number of hydrogen-bond donors (Lipinski definition) is 2. The van der Waals surface area contributed by atoms with Crippen molar-refractivity contribution in [2.24, 2.45) is 5.10 Å². The largest absolute Gasteiger partial charge is 0.497 e. The Balaban J connectivity index is 1.77. The minimum atomic E-state index is -0.480. The number of carbonyl (C=O) groups excluding carboxylic acids is 2. The predicted octanol–water partition coefficient (Wildman–Crippen LogP) is 1.30. The number of ether oxygens (including phenoxy) is 1. The van der Waals surface area contributed by atoms with Crippen LogP contribution in [-0.4, -0.2) is 34.6 Å². The smallest absolute Gasteiger partial charge is 0.291 e. The van der Waals surface area contributed by atoms with E-state index in [1.54, 1.807) is 14.0 Å². The molecule has 0 aliphatic rings. The number of nitrogens with one attached hydrogen (secondary N) is 2. The van der Waals surface area contributed by atoms with Crippen molar-refractivity contribution in [3.05, 3.63) is 54.1 Å². The first-order chi connectivity index (χ1) is 12.1. The normalized spacial score (nSPS) is 10.9. The lowest BCUT2D eigenvalue weighted by Crippen LogP contribution is -2.26. The summed E-state index contributed by atoms with van der Waals surface area (Å²) in [4.78, 5) is 31.3. The zero-order valence-corrected chi connectivity index (χ0v) is 14.0. The topological polar surface area (TPSA) is 106 Å². The van der Waals surface area contributed by atoms with Gasteiger partial charge >= 0.3 is 0 Å². The van der Waals surface area contributed by atoms with Gasteiger partial charge in [0.1, 0.15) is 11.4 Å². The molecule has 1 heterocycles. The monoisotopic (exact) mass is 341 g/mol. The van der Waals surface area contributed by atoms with E-state index in [9.17, 15) is 9.59 Å². The first kappa shape index (κ1) is 18.1. The van der Waals surface area contributed by atoms with Gasteiger partial charge in [-0.3, -0.25) is 14.6 Å². The molecule has 0 unspecified atom stereocenters. The molecule has 2 N–H and O–H groups in total. The second-order valence-electron chi connectivity index (χ2n) is 5.18. The van der Waals surface area contributed by atoms with Crippen molar-refractivity contribution in [1.29, 1.82) is 0 Å². The van der Waals surface area contributed by atoms with Gasteiger partial charge in [0.25, 0.3) is 5.91 Å². The first-order valence-corrected chi connectivity index (χ1v) is 7.57. The molecular weight excluding hydrogens is 322 g/mol. The predicted molar refractivity (Wildman–Crippen MR) is 92.1 cm³/mol. The van der Waals surface area contributed by atoms with E-state index in [1.165, 1.54) is 18.6 Å². The van der Waals surface area contributed by atoms with Crippen LogP contribution in [0.1, 0.15) is 29.4 Å². The highest BCUT2D eigenvalue weighted by Crippen LogP contribution is 2.10. The van der Waals surface area contributed by atoms with Crippen LogP contribution in [0.5, 0.6) is 5.75 Å². The van der Waals surface area contributed by atoms with Crippen molar-refractivity contribution in [2.75, 3.05) is 7.11 Å². The Morgan fingerprint density at radius 2 is 1.96 bits per heavy atom. The quantitative estimate of drug-likeness (QED) is 0.583. The molecule has 1 aromatic heterocycles. The van der Waals surface area contributed by atoms with Crippen LogP contribution in [0.3, 0.4) is 0 Å². The molecular formula is C17H19N5O3. The summed E-state index contributed by atoms with van der Waals surface area (Å²) in [6, 6.07) is 7.41. The molecule has 0 saturated carbocycles. The third-order valence-electron chi connectivity index (χ3n) is 3.21. The average Bonchev–Trinajstić information content (AvgIpc) is 2.65. The van der Waals surface area contributed by atoms with Crippen LogP contribution in [0.2, 0.25) is 0 Å². The molecule has 130 valence electrons. The summed E-state index contributed by atoms with van der Waals surface area (Å²) >= 11 is 0. The molecule has 0 spiro atoms. The molecule has 0 bridgehead atoms. The van der Waals surface area contributed by atoms with Gasteiger partial charge in [0, 0.05) is 24.7 Å². The Bertz CT molecular complexity index is 745. The number of nitrogens with zero attached hydrogens (tertiary/aromatic N) is 3. The average molecular weight is 341 g/mol. The highest BCUT2D eigenvalue weighted by Gasteiger charge is 2.07. The maximum atomic E-state index is 11.9. The summed E-state index contributed by atoms with van der Waals surface area (Å²) in [6.45, 7) is 2.06. The second-order valence-corrected chi connectivity index (χ2v) is 5.18. The van der Waals surface area contributed by atoms with E-state index in [0.717, 1.165) is 11.3 Å². The van der Waals surface area contributed by atoms with Crippen molar-refractivity contribution in [2.45, 2.75) is 19.9 Å². The molecule has 8 nitrogen and oxygen atoms in total. The second kappa shape index (κ2) is 9.11. The summed E-state index contributed by atoms with van der Waals surface area (Å²) in [7, 11) is 1.60. The molecule has 0 aliphatic heterocycles. The van der Waals surface area contributed by atoms with Gasteiger partial charge in [-0.15, -0.1) is 0 Å². The molecule has 0 saturated heterocycles. The van der Waals surface area contributed by atoms with Gasteiger partial charge in [-0.2, -0.15) is 5.10 Å². The Labute approximate surface area is 145 Å². The lowest BCUT2D eigenvalue weighted by molar-refractivity contribution is -0.120. The molecule has 8 heteroatoms. The standard InChI is InChI=1S/C17H19N5O3/c1-12(21-22-17(24)15-11-18-7-8-19-15)9-16(23)20-10-13-3-5-14(25-2)6-4-13/h3-8,11H,9-10H2,1-2H3,(H,20,23)(H,22,24)/b21-12-. The summed E-state index contributed by atoms with van der Waals surface area (Å²) in [5.41, 5.74) is 3.93. The van der Waals surface area contributed by atoms with Gasteiger partial charge in [0.15, 0.2) is 0 Å². The number of hydrogen-bond acceptors (Lipinski definition) is 6. The van der Waals surface area contributed by atoms with Crippen molar-refractivity contribution in [3.8, 4) is 5.75 Å². The van der Waals surface area contributed by atoms with Gasteiger partial charge in [-0.25, -0.2) is 10.4 Å². The minimum absolute atomic E-state index is 0.0803.